The molecular weight excluding hydrogens is 342 g/mol. The second kappa shape index (κ2) is 8.03. The lowest BCUT2D eigenvalue weighted by Crippen LogP contribution is -2.36. The van der Waals surface area contributed by atoms with Gasteiger partial charge in [0.15, 0.2) is 0 Å². The first-order valence-corrected chi connectivity index (χ1v) is 9.74. The summed E-state index contributed by atoms with van der Waals surface area (Å²) in [6, 6.07) is 6.19. The van der Waals surface area contributed by atoms with E-state index < -0.39 is 5.97 Å². The minimum Gasteiger partial charge on any atom is -0.481 e. The highest BCUT2D eigenvalue weighted by Crippen LogP contribution is 2.36. The Morgan fingerprint density at radius 2 is 2.04 bits per heavy atom. The van der Waals surface area contributed by atoms with Crippen LogP contribution in [0.3, 0.4) is 0 Å². The van der Waals surface area contributed by atoms with Gasteiger partial charge in [0.2, 0.25) is 5.91 Å². The Kier molecular flexibility index (Phi) is 5.73. The van der Waals surface area contributed by atoms with Crippen molar-refractivity contribution in [3.05, 3.63) is 30.0 Å². The van der Waals surface area contributed by atoms with Gasteiger partial charge in [-0.2, -0.15) is 0 Å². The van der Waals surface area contributed by atoms with E-state index in [1.807, 2.05) is 26.2 Å². The molecule has 1 aliphatic rings. The van der Waals surface area contributed by atoms with Gasteiger partial charge < -0.3 is 19.9 Å². The van der Waals surface area contributed by atoms with E-state index in [-0.39, 0.29) is 17.7 Å². The smallest absolute Gasteiger partial charge is 0.306 e. The molecule has 1 aliphatic heterocycles. The van der Waals surface area contributed by atoms with Crippen LogP contribution in [0.5, 0.6) is 0 Å². The molecule has 6 heteroatoms. The van der Waals surface area contributed by atoms with E-state index in [1.165, 1.54) is 0 Å². The molecule has 1 aromatic heterocycles. The summed E-state index contributed by atoms with van der Waals surface area (Å²) >= 11 is 0. The molecule has 0 radical (unpaired) electrons. The van der Waals surface area contributed by atoms with Gasteiger partial charge in [0.25, 0.3) is 0 Å². The maximum atomic E-state index is 12.4. The molecule has 0 spiro atoms. The van der Waals surface area contributed by atoms with Crippen molar-refractivity contribution in [3.8, 4) is 0 Å². The molecule has 6 nitrogen and oxygen atoms in total. The molecule has 1 amide bonds. The molecule has 27 heavy (non-hydrogen) atoms. The van der Waals surface area contributed by atoms with E-state index in [0.29, 0.717) is 25.8 Å². The number of piperidine rings is 1. The standard InChI is InChI=1S/C21H29N3O3/c1-4-23(3)19(25)12-14(2)16-13-22-17-6-5-7-18(20(16)17)24-10-8-15(9-11-24)21(26)27/h5-7,13-15,22H,4,8-12H2,1-3H3,(H,26,27). The van der Waals surface area contributed by atoms with E-state index in [2.05, 4.69) is 28.9 Å². The predicted molar refractivity (Wildman–Crippen MR) is 107 cm³/mol. The zero-order valence-corrected chi connectivity index (χ0v) is 16.4. The third kappa shape index (κ3) is 3.94. The lowest BCUT2D eigenvalue weighted by Gasteiger charge is -2.33. The number of carboxylic acid groups (broad SMARTS) is 1. The Labute approximate surface area is 160 Å². The monoisotopic (exact) mass is 371 g/mol. The third-order valence-electron chi connectivity index (χ3n) is 5.81. The van der Waals surface area contributed by atoms with Crippen LogP contribution in [-0.2, 0) is 9.59 Å². The number of nitrogens with zero attached hydrogens (tertiary/aromatic N) is 2. The fourth-order valence-electron chi connectivity index (χ4n) is 3.92. The van der Waals surface area contributed by atoms with Gasteiger partial charge in [-0.15, -0.1) is 0 Å². The van der Waals surface area contributed by atoms with E-state index >= 15 is 0 Å². The van der Waals surface area contributed by atoms with Crippen LogP contribution < -0.4 is 4.90 Å². The van der Waals surface area contributed by atoms with Gasteiger partial charge in [0.1, 0.15) is 0 Å². The molecule has 1 atom stereocenters. The second-order valence-electron chi connectivity index (χ2n) is 7.56. The first-order valence-electron chi connectivity index (χ1n) is 9.74. The van der Waals surface area contributed by atoms with Crippen LogP contribution in [0.4, 0.5) is 5.69 Å². The minimum absolute atomic E-state index is 0.109. The van der Waals surface area contributed by atoms with Crippen LogP contribution in [0.15, 0.2) is 24.4 Å². The van der Waals surface area contributed by atoms with Gasteiger partial charge in [-0.1, -0.05) is 13.0 Å². The molecule has 1 saturated heterocycles. The van der Waals surface area contributed by atoms with E-state index in [9.17, 15) is 14.7 Å². The summed E-state index contributed by atoms with van der Waals surface area (Å²) in [6.45, 7) is 6.27. The Bertz CT molecular complexity index is 821. The Balaban J connectivity index is 1.86. The number of aromatic nitrogens is 1. The van der Waals surface area contributed by atoms with Crippen LogP contribution in [0.1, 0.15) is 44.6 Å². The van der Waals surface area contributed by atoms with Crippen LogP contribution in [0.2, 0.25) is 0 Å². The molecule has 3 rings (SSSR count). The van der Waals surface area contributed by atoms with Gasteiger partial charge in [0, 0.05) is 55.9 Å². The van der Waals surface area contributed by atoms with Gasteiger partial charge in [-0.05, 0) is 43.4 Å². The van der Waals surface area contributed by atoms with Crippen molar-refractivity contribution in [2.75, 3.05) is 31.6 Å². The molecule has 1 aromatic carbocycles. The summed E-state index contributed by atoms with van der Waals surface area (Å²) in [5, 5.41) is 10.4. The molecular formula is C21H29N3O3. The summed E-state index contributed by atoms with van der Waals surface area (Å²) < 4.78 is 0. The van der Waals surface area contributed by atoms with Crippen LogP contribution >= 0.6 is 0 Å². The normalized spacial score (nSPS) is 16.5. The summed E-state index contributed by atoms with van der Waals surface area (Å²) in [4.78, 5) is 31.0. The van der Waals surface area contributed by atoms with Crippen molar-refractivity contribution >= 4 is 28.5 Å². The quantitative estimate of drug-likeness (QED) is 0.815. The predicted octanol–water partition coefficient (Wildman–Crippen LogP) is 3.44. The molecule has 2 aromatic rings. The van der Waals surface area contributed by atoms with Crippen LogP contribution in [0.25, 0.3) is 10.9 Å². The molecule has 2 heterocycles. The summed E-state index contributed by atoms with van der Waals surface area (Å²) in [5.41, 5.74) is 3.35. The first-order chi connectivity index (χ1) is 12.9. The zero-order valence-electron chi connectivity index (χ0n) is 16.4. The average Bonchev–Trinajstić information content (AvgIpc) is 3.11. The average molecular weight is 371 g/mol. The molecule has 0 bridgehead atoms. The number of carbonyl (C=O) groups is 2. The number of aliphatic carboxylic acids is 1. The molecule has 1 fully saturated rings. The highest BCUT2D eigenvalue weighted by molar-refractivity contribution is 5.96. The zero-order chi connectivity index (χ0) is 19.6. The number of hydrogen-bond donors (Lipinski definition) is 2. The van der Waals surface area contributed by atoms with Crippen molar-refractivity contribution in [1.29, 1.82) is 0 Å². The summed E-state index contributed by atoms with van der Waals surface area (Å²) in [6.07, 6.45) is 3.83. The minimum atomic E-state index is -0.692. The van der Waals surface area contributed by atoms with Gasteiger partial charge >= 0.3 is 5.97 Å². The fourth-order valence-corrected chi connectivity index (χ4v) is 3.92. The number of amides is 1. The van der Waals surface area contributed by atoms with E-state index in [0.717, 1.165) is 35.2 Å². The number of H-pyrrole nitrogens is 1. The SMILES string of the molecule is CCN(C)C(=O)CC(C)c1c[nH]c2cccc(N3CCC(C(=O)O)CC3)c12. The van der Waals surface area contributed by atoms with E-state index in [4.69, 9.17) is 0 Å². The van der Waals surface area contributed by atoms with Crippen molar-refractivity contribution < 1.29 is 14.7 Å². The number of fused-ring (bicyclic) bond motifs is 1. The second-order valence-corrected chi connectivity index (χ2v) is 7.56. The van der Waals surface area contributed by atoms with Crippen molar-refractivity contribution in [3.63, 3.8) is 0 Å². The number of carbonyl (C=O) groups excluding carboxylic acids is 1. The largest absolute Gasteiger partial charge is 0.481 e. The molecule has 0 aliphatic carbocycles. The third-order valence-corrected chi connectivity index (χ3v) is 5.81. The lowest BCUT2D eigenvalue weighted by molar-refractivity contribution is -0.142. The van der Waals surface area contributed by atoms with Crippen molar-refractivity contribution in [2.45, 2.75) is 39.0 Å². The number of hydrogen-bond acceptors (Lipinski definition) is 3. The topological polar surface area (TPSA) is 76.6 Å². The Morgan fingerprint density at radius 3 is 2.67 bits per heavy atom. The molecule has 1 unspecified atom stereocenters. The molecule has 2 N–H and O–H groups in total. The maximum absolute atomic E-state index is 12.4. The Hall–Kier alpha value is -2.50. The van der Waals surface area contributed by atoms with E-state index in [1.54, 1.807) is 4.90 Å². The Morgan fingerprint density at radius 1 is 1.33 bits per heavy atom. The van der Waals surface area contributed by atoms with Crippen molar-refractivity contribution in [2.24, 2.45) is 5.92 Å². The fraction of sp³-hybridized carbons (Fsp3) is 0.524. The summed E-state index contributed by atoms with van der Waals surface area (Å²) in [5.74, 6) is -0.674. The van der Waals surface area contributed by atoms with Gasteiger partial charge in [-0.3, -0.25) is 9.59 Å². The lowest BCUT2D eigenvalue weighted by atomic mass is 9.93. The number of benzene rings is 1. The summed E-state index contributed by atoms with van der Waals surface area (Å²) in [7, 11) is 1.84. The number of anilines is 1. The van der Waals surface area contributed by atoms with Gasteiger partial charge in [0.05, 0.1) is 5.92 Å². The molecule has 0 saturated carbocycles. The van der Waals surface area contributed by atoms with Crippen LogP contribution in [0, 0.1) is 5.92 Å². The molecule has 146 valence electrons. The highest BCUT2D eigenvalue weighted by Gasteiger charge is 2.26. The number of nitrogens with one attached hydrogen (secondary N) is 1. The number of aromatic amines is 1. The maximum Gasteiger partial charge on any atom is 0.306 e. The highest BCUT2D eigenvalue weighted by atomic mass is 16.4. The van der Waals surface area contributed by atoms with Crippen LogP contribution in [-0.4, -0.2) is 53.5 Å². The van der Waals surface area contributed by atoms with Crippen molar-refractivity contribution in [1.82, 2.24) is 9.88 Å². The number of rotatable bonds is 6. The number of carboxylic acids is 1. The first kappa shape index (κ1) is 19.3. The van der Waals surface area contributed by atoms with Gasteiger partial charge in [-0.25, -0.2) is 0 Å².